The Morgan fingerprint density at radius 3 is 1.82 bits per heavy atom. The molecule has 0 aliphatic carbocycles. The molecule has 0 atom stereocenters. The average Bonchev–Trinajstić information content (AvgIpc) is 2.08. The number of rotatable bonds is 6. The van der Waals surface area contributed by atoms with E-state index in [1.165, 1.54) is 5.32 Å². The molecule has 0 unspecified atom stereocenters. The zero-order valence-electron chi connectivity index (χ0n) is 7.55. The monoisotopic (exact) mass is 244 g/mol. The van der Waals surface area contributed by atoms with Crippen LogP contribution in [0.15, 0.2) is 0 Å². The van der Waals surface area contributed by atoms with Crippen LogP contribution in [0, 0.1) is 0 Å². The first-order valence-electron chi connectivity index (χ1n) is 3.48. The van der Waals surface area contributed by atoms with Crippen molar-refractivity contribution in [1.29, 1.82) is 0 Å². The molecular weight excluding hydrogens is 227 g/mol. The predicted octanol–water partition coefficient (Wildman–Crippen LogP) is 0.964. The van der Waals surface area contributed by atoms with Crippen LogP contribution in [0.3, 0.4) is 0 Å². The molecule has 0 fully saturated rings. The topological polar surface area (TPSA) is 27.7 Å². The summed E-state index contributed by atoms with van der Waals surface area (Å²) >= 11 is 0.592. The molecule has 5 heteroatoms. The summed E-state index contributed by atoms with van der Waals surface area (Å²) in [7, 11) is 2.76. The summed E-state index contributed by atoms with van der Waals surface area (Å²) in [4.78, 5) is 0.972. The van der Waals surface area contributed by atoms with Crippen LogP contribution in [0.5, 0.6) is 0 Å². The molecule has 0 aromatic carbocycles. The van der Waals surface area contributed by atoms with E-state index >= 15 is 0 Å². The van der Waals surface area contributed by atoms with Gasteiger partial charge in [0.2, 0.25) is 0 Å². The molecule has 0 saturated carbocycles. The first-order valence-corrected chi connectivity index (χ1v) is 7.83. The summed E-state index contributed by atoms with van der Waals surface area (Å²) in [5.41, 5.74) is 0. The van der Waals surface area contributed by atoms with E-state index in [2.05, 4.69) is 6.92 Å². The Balaban J connectivity index is 3.84. The van der Waals surface area contributed by atoms with Crippen molar-refractivity contribution in [1.82, 2.24) is 0 Å². The van der Waals surface area contributed by atoms with E-state index in [-0.39, 0.29) is 0 Å². The number of hydrogen-bond donors (Lipinski definition) is 0. The van der Waals surface area contributed by atoms with E-state index in [1.54, 1.807) is 21.3 Å². The zero-order chi connectivity index (χ0) is 8.74. The van der Waals surface area contributed by atoms with E-state index < -0.39 is 8.80 Å². The quantitative estimate of drug-likeness (QED) is 0.650. The molecule has 0 heterocycles. The maximum atomic E-state index is 5.25. The summed E-state index contributed by atoms with van der Waals surface area (Å²) < 4.78 is 15.7. The summed E-state index contributed by atoms with van der Waals surface area (Å²) in [5, 5.41) is 1.21. The molecule has 0 saturated heterocycles. The molecule has 0 radical (unpaired) electrons. The van der Waals surface area contributed by atoms with Crippen LogP contribution >= 0.6 is 0 Å². The van der Waals surface area contributed by atoms with E-state index in [0.29, 0.717) is 15.0 Å². The Kier molecular flexibility index (Phi) is 6.51. The van der Waals surface area contributed by atoms with Crippen LogP contribution in [0.4, 0.5) is 0 Å². The zero-order valence-corrected chi connectivity index (χ0v) is 10.3. The fraction of sp³-hybridized carbons (Fsp3) is 1.00. The van der Waals surface area contributed by atoms with Crippen molar-refractivity contribution in [2.24, 2.45) is 0 Å². The van der Waals surface area contributed by atoms with Gasteiger partial charge >= 0.3 is 75.6 Å². The molecule has 0 aromatic rings. The van der Waals surface area contributed by atoms with E-state index in [1.807, 2.05) is 0 Å². The van der Waals surface area contributed by atoms with Crippen molar-refractivity contribution < 1.29 is 13.3 Å². The summed E-state index contributed by atoms with van der Waals surface area (Å²) in [5.74, 6) is 0. The second-order valence-corrected chi connectivity index (χ2v) is 8.70. The Hall–Kier alpha value is 0.616. The van der Waals surface area contributed by atoms with Crippen molar-refractivity contribution >= 4 is 23.8 Å². The molecule has 0 aromatic heterocycles. The van der Waals surface area contributed by atoms with E-state index in [4.69, 9.17) is 13.3 Å². The average molecular weight is 243 g/mol. The molecule has 3 nitrogen and oxygen atoms in total. The minimum atomic E-state index is -2.21. The summed E-state index contributed by atoms with van der Waals surface area (Å²) in [6.45, 7) is 2.17. The third kappa shape index (κ3) is 3.69. The van der Waals surface area contributed by atoms with Gasteiger partial charge in [-0.25, -0.2) is 0 Å². The standard InChI is InChI=1S/C6H16O3SeSi/c1-5-10-6-11(7-2,8-3)9-4/h5-6H2,1-4H3. The van der Waals surface area contributed by atoms with Gasteiger partial charge in [0.15, 0.2) is 0 Å². The third-order valence-electron chi connectivity index (χ3n) is 1.42. The molecule has 0 rings (SSSR count). The molecule has 0 aliphatic rings. The molecular formula is C6H16O3SeSi. The predicted molar refractivity (Wildman–Crippen MR) is 47.8 cm³/mol. The van der Waals surface area contributed by atoms with Gasteiger partial charge < -0.3 is 0 Å². The second kappa shape index (κ2) is 6.17. The fourth-order valence-electron chi connectivity index (χ4n) is 0.654. The van der Waals surface area contributed by atoms with Gasteiger partial charge in [0.05, 0.1) is 0 Å². The van der Waals surface area contributed by atoms with Gasteiger partial charge in [0.25, 0.3) is 0 Å². The van der Waals surface area contributed by atoms with Gasteiger partial charge in [0, 0.05) is 0 Å². The van der Waals surface area contributed by atoms with Gasteiger partial charge in [-0.2, -0.15) is 0 Å². The molecule has 68 valence electrons. The van der Waals surface area contributed by atoms with E-state index in [0.717, 1.165) is 4.94 Å². The fourth-order valence-corrected chi connectivity index (χ4v) is 7.05. The third-order valence-corrected chi connectivity index (χ3v) is 8.21. The van der Waals surface area contributed by atoms with Crippen molar-refractivity contribution in [3.05, 3.63) is 0 Å². The Bertz CT molecular complexity index is 89.6. The molecule has 0 N–H and O–H groups in total. The maximum absolute atomic E-state index is 5.25. The molecule has 0 amide bonds. The van der Waals surface area contributed by atoms with Crippen molar-refractivity contribution in [3.8, 4) is 0 Å². The first kappa shape index (κ1) is 11.6. The normalized spacial score (nSPS) is 12.0. The minimum absolute atomic E-state index is 0.592. The van der Waals surface area contributed by atoms with Crippen LogP contribution in [0.1, 0.15) is 6.92 Å². The van der Waals surface area contributed by atoms with Crippen LogP contribution in [0.2, 0.25) is 10.3 Å². The molecule has 0 bridgehead atoms. The van der Waals surface area contributed by atoms with Crippen molar-refractivity contribution in [2.45, 2.75) is 17.2 Å². The van der Waals surface area contributed by atoms with Crippen LogP contribution in [0.25, 0.3) is 0 Å². The van der Waals surface area contributed by atoms with Gasteiger partial charge in [-0.1, -0.05) is 0 Å². The SMILES string of the molecule is CC[Se]C[Si](OC)(OC)OC. The summed E-state index contributed by atoms with van der Waals surface area (Å²) in [6.07, 6.45) is 0. The van der Waals surface area contributed by atoms with Crippen LogP contribution < -0.4 is 0 Å². The van der Waals surface area contributed by atoms with Crippen LogP contribution in [-0.2, 0) is 13.3 Å². The molecule has 11 heavy (non-hydrogen) atoms. The Morgan fingerprint density at radius 1 is 1.09 bits per heavy atom. The Labute approximate surface area is 75.9 Å². The van der Waals surface area contributed by atoms with Gasteiger partial charge in [-0.3, -0.25) is 0 Å². The van der Waals surface area contributed by atoms with Crippen molar-refractivity contribution in [3.63, 3.8) is 0 Å². The Morgan fingerprint density at radius 2 is 1.55 bits per heavy atom. The summed E-state index contributed by atoms with van der Waals surface area (Å²) in [6, 6.07) is 0. The van der Waals surface area contributed by atoms with Crippen LogP contribution in [-0.4, -0.2) is 45.1 Å². The molecule has 0 spiro atoms. The van der Waals surface area contributed by atoms with Gasteiger partial charge in [0.1, 0.15) is 0 Å². The number of hydrogen-bond acceptors (Lipinski definition) is 3. The van der Waals surface area contributed by atoms with Crippen molar-refractivity contribution in [2.75, 3.05) is 21.3 Å². The molecule has 0 aliphatic heterocycles. The van der Waals surface area contributed by atoms with Gasteiger partial charge in [-0.15, -0.1) is 0 Å². The van der Waals surface area contributed by atoms with Gasteiger partial charge in [-0.05, 0) is 0 Å². The first-order chi connectivity index (χ1) is 5.24. The van der Waals surface area contributed by atoms with E-state index in [9.17, 15) is 0 Å². The second-order valence-electron chi connectivity index (χ2n) is 1.93.